The first-order chi connectivity index (χ1) is 8.33. The monoisotopic (exact) mass is 240 g/mol. The Morgan fingerprint density at radius 3 is 2.59 bits per heavy atom. The van der Waals surface area contributed by atoms with Gasteiger partial charge in [0.1, 0.15) is 5.15 Å². The van der Waals surface area contributed by atoms with Crippen molar-refractivity contribution in [2.75, 3.05) is 0 Å². The van der Waals surface area contributed by atoms with Crippen molar-refractivity contribution in [3.8, 4) is 11.3 Å². The van der Waals surface area contributed by atoms with Crippen LogP contribution in [0.3, 0.4) is 0 Å². The second kappa shape index (κ2) is 4.15. The molecule has 2 aromatic heterocycles. The van der Waals surface area contributed by atoms with Gasteiger partial charge in [-0.05, 0) is 24.3 Å². The summed E-state index contributed by atoms with van der Waals surface area (Å²) in [7, 11) is 0. The van der Waals surface area contributed by atoms with Crippen LogP contribution >= 0.6 is 11.6 Å². The minimum Gasteiger partial charge on any atom is -0.248 e. The average Bonchev–Trinajstić information content (AvgIpc) is 2.39. The van der Waals surface area contributed by atoms with Gasteiger partial charge in [0.2, 0.25) is 0 Å². The lowest BCUT2D eigenvalue weighted by Crippen LogP contribution is -1.86. The fraction of sp³-hybridized carbons (Fsp3) is 0. The van der Waals surface area contributed by atoms with E-state index in [1.807, 2.05) is 36.4 Å². The van der Waals surface area contributed by atoms with E-state index in [0.29, 0.717) is 5.15 Å². The molecule has 2 heterocycles. The molecular formula is C14H9ClN2. The molecule has 0 saturated heterocycles. The zero-order valence-corrected chi connectivity index (χ0v) is 9.72. The topological polar surface area (TPSA) is 25.8 Å². The van der Waals surface area contributed by atoms with Gasteiger partial charge in [-0.15, -0.1) is 0 Å². The molecule has 0 bridgehead atoms. The predicted octanol–water partition coefficient (Wildman–Crippen LogP) is 3.95. The van der Waals surface area contributed by atoms with Crippen molar-refractivity contribution in [3.63, 3.8) is 0 Å². The number of hydrogen-bond donors (Lipinski definition) is 0. The molecule has 3 heteroatoms. The van der Waals surface area contributed by atoms with Crippen LogP contribution < -0.4 is 0 Å². The van der Waals surface area contributed by atoms with Crippen molar-refractivity contribution in [1.82, 2.24) is 9.97 Å². The van der Waals surface area contributed by atoms with Gasteiger partial charge in [0, 0.05) is 17.1 Å². The van der Waals surface area contributed by atoms with Crippen LogP contribution in [0.4, 0.5) is 0 Å². The van der Waals surface area contributed by atoms with Gasteiger partial charge >= 0.3 is 0 Å². The number of hydrogen-bond acceptors (Lipinski definition) is 2. The zero-order valence-electron chi connectivity index (χ0n) is 8.97. The van der Waals surface area contributed by atoms with Crippen LogP contribution in [0.15, 0.2) is 54.7 Å². The maximum atomic E-state index is 5.76. The quantitative estimate of drug-likeness (QED) is 0.602. The van der Waals surface area contributed by atoms with E-state index in [9.17, 15) is 0 Å². The molecule has 3 rings (SSSR count). The molecule has 0 atom stereocenters. The van der Waals surface area contributed by atoms with Crippen molar-refractivity contribution in [1.29, 1.82) is 0 Å². The molecular weight excluding hydrogens is 232 g/mol. The van der Waals surface area contributed by atoms with E-state index in [4.69, 9.17) is 11.6 Å². The van der Waals surface area contributed by atoms with Gasteiger partial charge in [0.25, 0.3) is 0 Å². The summed E-state index contributed by atoms with van der Waals surface area (Å²) in [5.74, 6) is 0. The van der Waals surface area contributed by atoms with Crippen molar-refractivity contribution in [2.24, 2.45) is 0 Å². The third-order valence-corrected chi connectivity index (χ3v) is 2.85. The number of nitrogens with zero attached hydrogens (tertiary/aromatic N) is 2. The zero-order chi connectivity index (χ0) is 11.7. The summed E-state index contributed by atoms with van der Waals surface area (Å²) in [6.45, 7) is 0. The van der Waals surface area contributed by atoms with Crippen molar-refractivity contribution in [2.45, 2.75) is 0 Å². The summed E-state index contributed by atoms with van der Waals surface area (Å²) in [5, 5.41) is 1.63. The van der Waals surface area contributed by atoms with Gasteiger partial charge in [-0.3, -0.25) is 0 Å². The Morgan fingerprint density at radius 1 is 0.882 bits per heavy atom. The maximum absolute atomic E-state index is 5.76. The Balaban J connectivity index is 2.14. The number of para-hydroxylation sites is 1. The van der Waals surface area contributed by atoms with Crippen molar-refractivity contribution < 1.29 is 0 Å². The predicted molar refractivity (Wildman–Crippen MR) is 70.0 cm³/mol. The normalized spacial score (nSPS) is 10.6. The molecule has 0 fully saturated rings. The second-order valence-electron chi connectivity index (χ2n) is 3.76. The lowest BCUT2D eigenvalue weighted by molar-refractivity contribution is 1.30. The summed E-state index contributed by atoms with van der Waals surface area (Å²) >= 11 is 5.76. The van der Waals surface area contributed by atoms with Gasteiger partial charge in [0.15, 0.2) is 0 Å². The highest BCUT2D eigenvalue weighted by Crippen LogP contribution is 2.20. The largest absolute Gasteiger partial charge is 0.248 e. The van der Waals surface area contributed by atoms with Crippen LogP contribution in [0.2, 0.25) is 5.15 Å². The lowest BCUT2D eigenvalue weighted by Gasteiger charge is -2.02. The van der Waals surface area contributed by atoms with Gasteiger partial charge in [-0.1, -0.05) is 35.9 Å². The molecule has 17 heavy (non-hydrogen) atoms. The number of rotatable bonds is 1. The molecule has 3 aromatic rings. The molecule has 0 saturated carbocycles. The molecule has 82 valence electrons. The van der Waals surface area contributed by atoms with Crippen LogP contribution in [-0.4, -0.2) is 9.97 Å². The van der Waals surface area contributed by atoms with Crippen LogP contribution in [0, 0.1) is 0 Å². The Morgan fingerprint density at radius 2 is 1.76 bits per heavy atom. The number of pyridine rings is 2. The molecule has 0 spiro atoms. The standard InChI is InChI=1S/C14H9ClN2/c15-14-8-6-11(9-16-14)13-7-5-10-3-1-2-4-12(10)17-13/h1-9H. The highest BCUT2D eigenvalue weighted by atomic mass is 35.5. The Bertz CT molecular complexity index is 662. The fourth-order valence-electron chi connectivity index (χ4n) is 1.75. The Labute approximate surface area is 104 Å². The highest BCUT2D eigenvalue weighted by Gasteiger charge is 2.01. The first-order valence-electron chi connectivity index (χ1n) is 5.31. The van der Waals surface area contributed by atoms with Crippen LogP contribution in [0.1, 0.15) is 0 Å². The molecule has 0 aliphatic carbocycles. The number of benzene rings is 1. The van der Waals surface area contributed by atoms with E-state index in [-0.39, 0.29) is 0 Å². The van der Waals surface area contributed by atoms with E-state index in [0.717, 1.165) is 22.2 Å². The van der Waals surface area contributed by atoms with Crippen molar-refractivity contribution >= 4 is 22.5 Å². The molecule has 0 amide bonds. The minimum atomic E-state index is 0.495. The highest BCUT2D eigenvalue weighted by molar-refractivity contribution is 6.29. The van der Waals surface area contributed by atoms with Crippen LogP contribution in [0.5, 0.6) is 0 Å². The Hall–Kier alpha value is -1.93. The summed E-state index contributed by atoms with van der Waals surface area (Å²) in [6.07, 6.45) is 1.74. The van der Waals surface area contributed by atoms with Gasteiger partial charge in [-0.2, -0.15) is 0 Å². The fourth-order valence-corrected chi connectivity index (χ4v) is 1.87. The summed E-state index contributed by atoms with van der Waals surface area (Å²) in [6, 6.07) is 15.8. The number of fused-ring (bicyclic) bond motifs is 1. The van der Waals surface area contributed by atoms with Gasteiger partial charge in [0.05, 0.1) is 11.2 Å². The van der Waals surface area contributed by atoms with Gasteiger partial charge in [-0.25, -0.2) is 9.97 Å². The van der Waals surface area contributed by atoms with Crippen LogP contribution in [-0.2, 0) is 0 Å². The number of halogens is 1. The first-order valence-corrected chi connectivity index (χ1v) is 5.68. The van der Waals surface area contributed by atoms with E-state index < -0.39 is 0 Å². The lowest BCUT2D eigenvalue weighted by atomic mass is 10.1. The molecule has 0 radical (unpaired) electrons. The molecule has 1 aromatic carbocycles. The van der Waals surface area contributed by atoms with Gasteiger partial charge < -0.3 is 0 Å². The molecule has 0 unspecified atom stereocenters. The molecule has 2 nitrogen and oxygen atoms in total. The van der Waals surface area contributed by atoms with E-state index in [1.54, 1.807) is 12.3 Å². The van der Waals surface area contributed by atoms with Crippen molar-refractivity contribution in [3.05, 3.63) is 59.9 Å². The number of aromatic nitrogens is 2. The summed E-state index contributed by atoms with van der Waals surface area (Å²) in [5.41, 5.74) is 2.87. The molecule has 0 aliphatic rings. The Kier molecular flexibility index (Phi) is 2.50. The van der Waals surface area contributed by atoms with Crippen LogP contribution in [0.25, 0.3) is 22.2 Å². The SMILES string of the molecule is Clc1ccc(-c2ccc3ccccc3n2)cn1. The van der Waals surface area contributed by atoms with E-state index in [2.05, 4.69) is 16.0 Å². The smallest absolute Gasteiger partial charge is 0.129 e. The second-order valence-corrected chi connectivity index (χ2v) is 4.15. The third-order valence-electron chi connectivity index (χ3n) is 2.62. The summed E-state index contributed by atoms with van der Waals surface area (Å²) in [4.78, 5) is 8.65. The third kappa shape index (κ3) is 1.99. The first kappa shape index (κ1) is 10.2. The van der Waals surface area contributed by atoms with E-state index >= 15 is 0 Å². The minimum absolute atomic E-state index is 0.495. The van der Waals surface area contributed by atoms with E-state index in [1.165, 1.54) is 0 Å². The maximum Gasteiger partial charge on any atom is 0.129 e. The molecule has 0 N–H and O–H groups in total. The average molecular weight is 241 g/mol. The summed E-state index contributed by atoms with van der Waals surface area (Å²) < 4.78 is 0. The molecule has 0 aliphatic heterocycles.